The van der Waals surface area contributed by atoms with Gasteiger partial charge in [-0.2, -0.15) is 0 Å². The molecule has 1 aromatic heterocycles. The average Bonchev–Trinajstić information content (AvgIpc) is 3.65. The predicted molar refractivity (Wildman–Crippen MR) is 182 cm³/mol. The molecule has 10 nitrogen and oxygen atoms in total. The molecule has 3 aliphatic rings. The van der Waals surface area contributed by atoms with Gasteiger partial charge in [0.25, 0.3) is 11.6 Å². The van der Waals surface area contributed by atoms with Gasteiger partial charge in [0.1, 0.15) is 0 Å². The Balaban J connectivity index is 1.11. The second-order valence-corrected chi connectivity index (χ2v) is 14.9. The van der Waals surface area contributed by atoms with Gasteiger partial charge in [0.2, 0.25) is 11.8 Å². The highest BCUT2D eigenvalue weighted by Crippen LogP contribution is 2.43. The van der Waals surface area contributed by atoms with E-state index in [9.17, 15) is 24.5 Å². The Kier molecular flexibility index (Phi) is 7.99. The number of fused-ring (bicyclic) bond motifs is 2. The number of anilines is 1. The van der Waals surface area contributed by atoms with Crippen LogP contribution in [-0.4, -0.2) is 32.8 Å². The number of amidine groups is 1. The van der Waals surface area contributed by atoms with E-state index in [1.807, 2.05) is 32.0 Å². The minimum Gasteiger partial charge on any atom is -0.300 e. The van der Waals surface area contributed by atoms with Gasteiger partial charge < -0.3 is 5.32 Å². The molecule has 0 bridgehead atoms. The van der Waals surface area contributed by atoms with Crippen LogP contribution in [-0.2, 0) is 14.4 Å². The lowest BCUT2D eigenvalue weighted by molar-refractivity contribution is -0.387. The predicted octanol–water partition coefficient (Wildman–Crippen LogP) is 7.54. The number of nitrogens with zero attached hydrogens (tertiary/aromatic N) is 4. The Hall–Kier alpha value is -4.33. The van der Waals surface area contributed by atoms with Crippen LogP contribution in [0.5, 0.6) is 0 Å². The molecule has 7 rings (SSSR count). The summed E-state index contributed by atoms with van der Waals surface area (Å²) in [6.45, 7) is 3.96. The van der Waals surface area contributed by atoms with Crippen molar-refractivity contribution in [1.29, 1.82) is 0 Å². The zero-order valence-electron chi connectivity index (χ0n) is 24.8. The smallest absolute Gasteiger partial charge is 0.283 e. The molecule has 2 atom stereocenters. The number of thioether (sulfide) groups is 1. The molecule has 3 aromatic carbocycles. The van der Waals surface area contributed by atoms with Crippen LogP contribution >= 0.6 is 34.9 Å². The first-order valence-corrected chi connectivity index (χ1v) is 17.2. The normalized spacial score (nSPS) is 21.4. The fourth-order valence-corrected chi connectivity index (χ4v) is 9.19. The van der Waals surface area contributed by atoms with Gasteiger partial charge in [-0.3, -0.25) is 29.4 Å². The second kappa shape index (κ2) is 12.1. The highest BCUT2D eigenvalue weighted by Gasteiger charge is 2.48. The fourth-order valence-electron chi connectivity index (χ4n) is 6.20. The SMILES string of the molecule is Cc1cc(C)cc(N=C2NC(=O)/C(=C/c3ccc(Sc4nc5ccc(N6C(=O)[C@@H]7CCCC[C@H]7C6=O)cc5s4)c([N+](=O)[O-])c3)S2)c1. The number of imide groups is 1. The Morgan fingerprint density at radius 2 is 1.72 bits per heavy atom. The summed E-state index contributed by atoms with van der Waals surface area (Å²) in [5, 5.41) is 15.3. The number of aryl methyl sites for hydroxylation is 2. The maximum absolute atomic E-state index is 13.1. The van der Waals surface area contributed by atoms with E-state index < -0.39 is 4.92 Å². The number of rotatable bonds is 6. The van der Waals surface area contributed by atoms with E-state index in [1.54, 1.807) is 36.4 Å². The molecule has 0 spiro atoms. The molecule has 3 heterocycles. The fraction of sp³-hybridized carbons (Fsp3) is 0.242. The van der Waals surface area contributed by atoms with E-state index in [-0.39, 0.29) is 35.2 Å². The van der Waals surface area contributed by atoms with Crippen molar-refractivity contribution in [1.82, 2.24) is 10.3 Å². The van der Waals surface area contributed by atoms with Crippen LogP contribution in [0.15, 0.2) is 73.7 Å². The van der Waals surface area contributed by atoms with Gasteiger partial charge in [-0.1, -0.05) is 36.7 Å². The third kappa shape index (κ3) is 5.85. The number of benzene rings is 3. The number of amides is 3. The van der Waals surface area contributed by atoms with Crippen LogP contribution in [0, 0.1) is 35.8 Å². The minimum absolute atomic E-state index is 0.109. The molecule has 1 saturated carbocycles. The summed E-state index contributed by atoms with van der Waals surface area (Å²) in [4.78, 5) is 61.8. The number of nitrogens with one attached hydrogen (secondary N) is 1. The summed E-state index contributed by atoms with van der Waals surface area (Å²) < 4.78 is 1.37. The molecular weight excluding hydrogens is 643 g/mol. The van der Waals surface area contributed by atoms with Gasteiger partial charge in [-0.15, -0.1) is 11.3 Å². The largest absolute Gasteiger partial charge is 0.300 e. The molecule has 2 aliphatic heterocycles. The Bertz CT molecular complexity index is 1990. The van der Waals surface area contributed by atoms with Crippen LogP contribution in [0.3, 0.4) is 0 Å². The molecule has 3 amide bonds. The number of carbonyl (C=O) groups excluding carboxylic acids is 3. The van der Waals surface area contributed by atoms with Gasteiger partial charge in [-0.05, 0) is 97.6 Å². The number of nitro benzene ring substituents is 1. The summed E-state index contributed by atoms with van der Waals surface area (Å²) in [5.74, 6) is -1.04. The van der Waals surface area contributed by atoms with Crippen LogP contribution in [0.2, 0.25) is 0 Å². The summed E-state index contributed by atoms with van der Waals surface area (Å²) in [6.07, 6.45) is 5.04. The number of thiazole rings is 1. The molecule has 13 heteroatoms. The average molecular weight is 670 g/mol. The van der Waals surface area contributed by atoms with E-state index in [0.717, 1.165) is 47.2 Å². The summed E-state index contributed by atoms with van der Waals surface area (Å²) in [6, 6.07) is 16.0. The van der Waals surface area contributed by atoms with Gasteiger partial charge >= 0.3 is 0 Å². The standard InChI is InChI=1S/C33H27N5O5S3/c1-17-11-18(2)13-20(12-17)34-32-36-29(39)28(44-32)15-19-7-10-26(25(14-19)38(42)43)45-33-35-24-9-8-21(16-27(24)46-33)37-30(40)22-5-3-4-6-23(22)31(37)41/h7-16,22-23H,3-6H2,1-2H3,(H,34,36,39)/b28-15-/t22-,23-/m1/s1. The quantitative estimate of drug-likeness (QED) is 0.0963. The molecule has 0 unspecified atom stereocenters. The molecule has 4 aromatic rings. The summed E-state index contributed by atoms with van der Waals surface area (Å²) in [7, 11) is 0. The van der Waals surface area contributed by atoms with Crippen LogP contribution < -0.4 is 10.2 Å². The maximum atomic E-state index is 13.1. The lowest BCUT2D eigenvalue weighted by Gasteiger charge is -2.19. The molecule has 232 valence electrons. The van der Waals surface area contributed by atoms with Gasteiger partial charge in [0.15, 0.2) is 9.51 Å². The minimum atomic E-state index is -0.450. The van der Waals surface area contributed by atoms with Crippen LogP contribution in [0.25, 0.3) is 16.3 Å². The number of aliphatic imine (C=N–C) groups is 1. The summed E-state index contributed by atoms with van der Waals surface area (Å²) >= 11 is 3.70. The molecule has 46 heavy (non-hydrogen) atoms. The molecule has 2 saturated heterocycles. The number of nitro groups is 1. The Morgan fingerprint density at radius 1 is 1.00 bits per heavy atom. The lowest BCUT2D eigenvalue weighted by Crippen LogP contribution is -2.30. The molecular formula is C33H27N5O5S3. The first-order chi connectivity index (χ1) is 22.1. The monoisotopic (exact) mass is 669 g/mol. The van der Waals surface area contributed by atoms with E-state index in [1.165, 1.54) is 45.8 Å². The zero-order chi connectivity index (χ0) is 32.1. The van der Waals surface area contributed by atoms with Crippen molar-refractivity contribution in [3.05, 3.63) is 86.3 Å². The van der Waals surface area contributed by atoms with Gasteiger partial charge in [0.05, 0.1) is 48.2 Å². The molecule has 1 aliphatic carbocycles. The van der Waals surface area contributed by atoms with Crippen molar-refractivity contribution in [2.75, 3.05) is 4.90 Å². The molecule has 0 radical (unpaired) electrons. The van der Waals surface area contributed by atoms with Crippen LogP contribution in [0.1, 0.15) is 42.4 Å². The van der Waals surface area contributed by atoms with Crippen molar-refractivity contribution < 1.29 is 19.3 Å². The van der Waals surface area contributed by atoms with Crippen LogP contribution in [0.4, 0.5) is 17.1 Å². The molecule has 1 N–H and O–H groups in total. The topological polar surface area (TPSA) is 135 Å². The first-order valence-electron chi connectivity index (χ1n) is 14.8. The number of hydrogen-bond donors (Lipinski definition) is 1. The Labute approximate surface area is 276 Å². The van der Waals surface area contributed by atoms with E-state index in [0.29, 0.717) is 36.1 Å². The van der Waals surface area contributed by atoms with E-state index in [2.05, 4.69) is 15.3 Å². The highest BCUT2D eigenvalue weighted by molar-refractivity contribution is 8.18. The zero-order valence-corrected chi connectivity index (χ0v) is 27.3. The third-order valence-corrected chi connectivity index (χ3v) is 11.3. The van der Waals surface area contributed by atoms with Crippen molar-refractivity contribution in [3.8, 4) is 0 Å². The van der Waals surface area contributed by atoms with Crippen molar-refractivity contribution in [2.24, 2.45) is 16.8 Å². The number of aromatic nitrogens is 1. The van der Waals surface area contributed by atoms with Crippen molar-refractivity contribution in [3.63, 3.8) is 0 Å². The Morgan fingerprint density at radius 3 is 2.41 bits per heavy atom. The van der Waals surface area contributed by atoms with Gasteiger partial charge in [-0.25, -0.2) is 9.98 Å². The maximum Gasteiger partial charge on any atom is 0.283 e. The van der Waals surface area contributed by atoms with Crippen molar-refractivity contribution >= 4 is 91.1 Å². The van der Waals surface area contributed by atoms with E-state index >= 15 is 0 Å². The third-order valence-electron chi connectivity index (χ3n) is 8.21. The number of hydrogen-bond acceptors (Lipinski definition) is 10. The van der Waals surface area contributed by atoms with Gasteiger partial charge in [0, 0.05) is 6.07 Å². The molecule has 3 fully saturated rings. The highest BCUT2D eigenvalue weighted by atomic mass is 32.2. The second-order valence-electron chi connectivity index (χ2n) is 11.6. The number of carbonyl (C=O) groups is 3. The lowest BCUT2D eigenvalue weighted by atomic mass is 9.81. The van der Waals surface area contributed by atoms with E-state index in [4.69, 9.17) is 0 Å². The summed E-state index contributed by atoms with van der Waals surface area (Å²) in [5.41, 5.74) is 4.49. The first kappa shape index (κ1) is 30.3. The van der Waals surface area contributed by atoms with Crippen molar-refractivity contribution in [2.45, 2.75) is 48.8 Å².